The third-order valence-corrected chi connectivity index (χ3v) is 5.37. The van der Waals surface area contributed by atoms with E-state index >= 15 is 0 Å². The molecule has 4 rings (SSSR count). The zero-order valence-corrected chi connectivity index (χ0v) is 16.7. The number of aryl methyl sites for hydroxylation is 1. The van der Waals surface area contributed by atoms with Crippen molar-refractivity contribution in [1.29, 1.82) is 0 Å². The molecule has 1 N–H and O–H groups in total. The van der Waals surface area contributed by atoms with E-state index in [1.54, 1.807) is 30.3 Å². The number of anilines is 2. The van der Waals surface area contributed by atoms with E-state index < -0.39 is 0 Å². The average molecular weight is 384 g/mol. The summed E-state index contributed by atoms with van der Waals surface area (Å²) in [5, 5.41) is 2.90. The van der Waals surface area contributed by atoms with Crippen LogP contribution in [0.25, 0.3) is 0 Å². The minimum Gasteiger partial charge on any atom is -0.322 e. The van der Waals surface area contributed by atoms with Crippen LogP contribution in [0, 0.1) is 12.8 Å². The molecule has 0 radical (unpaired) electrons. The Hall–Kier alpha value is -3.40. The van der Waals surface area contributed by atoms with E-state index in [0.29, 0.717) is 29.3 Å². The summed E-state index contributed by atoms with van der Waals surface area (Å²) in [6.45, 7) is 4.79. The first-order valence-electron chi connectivity index (χ1n) is 9.90. The van der Waals surface area contributed by atoms with Crippen LogP contribution in [0.1, 0.15) is 38.8 Å². The van der Waals surface area contributed by atoms with Crippen molar-refractivity contribution in [1.82, 2.24) is 0 Å². The van der Waals surface area contributed by atoms with E-state index in [0.717, 1.165) is 17.7 Å². The number of carbonyl (C=O) groups is 2. The molecule has 0 fully saturated rings. The fourth-order valence-corrected chi connectivity index (χ4v) is 3.87. The lowest BCUT2D eigenvalue weighted by Gasteiger charge is -2.33. The largest absolute Gasteiger partial charge is 0.322 e. The Kier molecular flexibility index (Phi) is 5.17. The Morgan fingerprint density at radius 3 is 2.38 bits per heavy atom. The molecule has 0 saturated heterocycles. The molecule has 1 atom stereocenters. The van der Waals surface area contributed by atoms with Gasteiger partial charge in [-0.3, -0.25) is 9.59 Å². The van der Waals surface area contributed by atoms with Gasteiger partial charge in [-0.15, -0.1) is 0 Å². The summed E-state index contributed by atoms with van der Waals surface area (Å²) in [6, 6.07) is 22.7. The lowest BCUT2D eigenvalue weighted by atomic mass is 9.93. The maximum atomic E-state index is 13.1. The molecular weight excluding hydrogens is 360 g/mol. The van der Waals surface area contributed by atoms with Crippen molar-refractivity contribution in [3.05, 3.63) is 95.1 Å². The smallest absolute Gasteiger partial charge is 0.258 e. The van der Waals surface area contributed by atoms with Crippen LogP contribution in [-0.2, 0) is 6.42 Å². The Balaban J connectivity index is 1.52. The van der Waals surface area contributed by atoms with Gasteiger partial charge >= 0.3 is 0 Å². The molecule has 4 nitrogen and oxygen atoms in total. The second kappa shape index (κ2) is 7.92. The molecule has 0 aliphatic carbocycles. The predicted molar refractivity (Wildman–Crippen MR) is 117 cm³/mol. The topological polar surface area (TPSA) is 49.4 Å². The van der Waals surface area contributed by atoms with Crippen LogP contribution in [0.5, 0.6) is 0 Å². The van der Waals surface area contributed by atoms with Crippen LogP contribution in [0.2, 0.25) is 0 Å². The maximum Gasteiger partial charge on any atom is 0.258 e. The van der Waals surface area contributed by atoms with E-state index in [9.17, 15) is 9.59 Å². The van der Waals surface area contributed by atoms with E-state index in [4.69, 9.17) is 0 Å². The van der Waals surface area contributed by atoms with Crippen molar-refractivity contribution in [3.63, 3.8) is 0 Å². The molecule has 1 heterocycles. The molecule has 29 heavy (non-hydrogen) atoms. The first-order chi connectivity index (χ1) is 14.0. The number of hydrogen-bond acceptors (Lipinski definition) is 2. The summed E-state index contributed by atoms with van der Waals surface area (Å²) in [5.74, 6) is 0.253. The second-order valence-electron chi connectivity index (χ2n) is 7.70. The van der Waals surface area contributed by atoms with E-state index in [-0.39, 0.29) is 11.8 Å². The number of fused-ring (bicyclic) bond motifs is 1. The maximum absolute atomic E-state index is 13.1. The lowest BCUT2D eigenvalue weighted by molar-refractivity contribution is 0.0980. The van der Waals surface area contributed by atoms with Crippen molar-refractivity contribution in [3.8, 4) is 0 Å². The lowest BCUT2D eigenvalue weighted by Crippen LogP contribution is -2.39. The van der Waals surface area contributed by atoms with Crippen molar-refractivity contribution in [2.45, 2.75) is 20.3 Å². The number of nitrogens with zero attached hydrogens (tertiary/aromatic N) is 1. The Morgan fingerprint density at radius 2 is 1.62 bits per heavy atom. The number of carbonyl (C=O) groups excluding carboxylic acids is 2. The van der Waals surface area contributed by atoms with Gasteiger partial charge in [-0.1, -0.05) is 43.3 Å². The van der Waals surface area contributed by atoms with Gasteiger partial charge in [0.15, 0.2) is 0 Å². The van der Waals surface area contributed by atoms with E-state index in [1.807, 2.05) is 48.2 Å². The number of amides is 2. The molecule has 146 valence electrons. The minimum absolute atomic E-state index is 0.0132. The number of nitrogens with one attached hydrogen (secondary N) is 1. The summed E-state index contributed by atoms with van der Waals surface area (Å²) in [6.07, 6.45) is 0.990. The van der Waals surface area contributed by atoms with Crippen LogP contribution in [0.3, 0.4) is 0 Å². The zero-order chi connectivity index (χ0) is 20.4. The van der Waals surface area contributed by atoms with Gasteiger partial charge in [0.2, 0.25) is 0 Å². The Labute approximate surface area is 171 Å². The van der Waals surface area contributed by atoms with Crippen molar-refractivity contribution in [2.24, 2.45) is 5.92 Å². The highest BCUT2D eigenvalue weighted by Gasteiger charge is 2.26. The monoisotopic (exact) mass is 384 g/mol. The van der Waals surface area contributed by atoms with Gasteiger partial charge in [0, 0.05) is 29.0 Å². The third kappa shape index (κ3) is 3.92. The van der Waals surface area contributed by atoms with E-state index in [1.165, 1.54) is 5.56 Å². The molecule has 4 heteroatoms. The number of rotatable bonds is 3. The van der Waals surface area contributed by atoms with Gasteiger partial charge in [-0.05, 0) is 66.8 Å². The average Bonchev–Trinajstić information content (AvgIpc) is 2.73. The van der Waals surface area contributed by atoms with Crippen molar-refractivity contribution in [2.75, 3.05) is 16.8 Å². The molecule has 0 bridgehead atoms. The van der Waals surface area contributed by atoms with Gasteiger partial charge < -0.3 is 10.2 Å². The van der Waals surface area contributed by atoms with Crippen LogP contribution in [0.15, 0.2) is 72.8 Å². The Bertz CT molecular complexity index is 1060. The Morgan fingerprint density at radius 1 is 0.931 bits per heavy atom. The molecule has 3 aromatic carbocycles. The van der Waals surface area contributed by atoms with Crippen LogP contribution in [0.4, 0.5) is 11.4 Å². The highest BCUT2D eigenvalue weighted by atomic mass is 16.2. The quantitative estimate of drug-likeness (QED) is 0.684. The van der Waals surface area contributed by atoms with Gasteiger partial charge in [0.25, 0.3) is 11.8 Å². The van der Waals surface area contributed by atoms with Gasteiger partial charge in [0.1, 0.15) is 0 Å². The normalized spacial score (nSPS) is 15.5. The summed E-state index contributed by atoms with van der Waals surface area (Å²) < 4.78 is 0. The van der Waals surface area contributed by atoms with Crippen molar-refractivity contribution >= 4 is 23.2 Å². The minimum atomic E-state index is -0.152. The number of hydrogen-bond donors (Lipinski definition) is 1. The second-order valence-corrected chi connectivity index (χ2v) is 7.70. The molecule has 2 amide bonds. The predicted octanol–water partition coefficient (Wildman–Crippen LogP) is 5.09. The molecule has 0 saturated carbocycles. The zero-order valence-electron chi connectivity index (χ0n) is 16.7. The van der Waals surface area contributed by atoms with E-state index in [2.05, 4.69) is 18.3 Å². The standard InChI is InChI=1S/C25H24N2O2/c1-17-15-20-8-4-6-10-23(20)27(16-17)25(29)19-11-13-21(14-12-19)26-24(28)22-9-5-3-7-18(22)2/h3-14,17H,15-16H2,1-2H3,(H,26,28). The highest BCUT2D eigenvalue weighted by Crippen LogP contribution is 2.30. The molecule has 0 aromatic heterocycles. The first kappa shape index (κ1) is 18.9. The number of para-hydroxylation sites is 1. The summed E-state index contributed by atoms with van der Waals surface area (Å²) in [4.78, 5) is 27.5. The molecule has 0 spiro atoms. The summed E-state index contributed by atoms with van der Waals surface area (Å²) in [5.41, 5.74) is 5.06. The van der Waals surface area contributed by atoms with Gasteiger partial charge in [-0.25, -0.2) is 0 Å². The molecular formula is C25H24N2O2. The van der Waals surface area contributed by atoms with Gasteiger partial charge in [-0.2, -0.15) is 0 Å². The summed E-state index contributed by atoms with van der Waals surface area (Å²) >= 11 is 0. The molecule has 1 aliphatic heterocycles. The number of benzene rings is 3. The highest BCUT2D eigenvalue weighted by molar-refractivity contribution is 6.08. The van der Waals surface area contributed by atoms with Crippen LogP contribution in [-0.4, -0.2) is 18.4 Å². The summed E-state index contributed by atoms with van der Waals surface area (Å²) in [7, 11) is 0. The fraction of sp³-hybridized carbons (Fsp3) is 0.200. The van der Waals surface area contributed by atoms with Crippen molar-refractivity contribution < 1.29 is 9.59 Å². The van der Waals surface area contributed by atoms with Crippen LogP contribution < -0.4 is 10.2 Å². The van der Waals surface area contributed by atoms with Crippen LogP contribution >= 0.6 is 0 Å². The molecule has 1 aliphatic rings. The molecule has 3 aromatic rings. The molecule has 1 unspecified atom stereocenters. The third-order valence-electron chi connectivity index (χ3n) is 5.37. The fourth-order valence-electron chi connectivity index (χ4n) is 3.87. The first-order valence-corrected chi connectivity index (χ1v) is 9.90. The van der Waals surface area contributed by atoms with Gasteiger partial charge in [0.05, 0.1) is 0 Å². The SMILES string of the molecule is Cc1ccccc1C(=O)Nc1ccc(C(=O)N2CC(C)Cc3ccccc32)cc1.